The lowest BCUT2D eigenvalue weighted by molar-refractivity contribution is -0.130. The molecule has 0 radical (unpaired) electrons. The van der Waals surface area contributed by atoms with Gasteiger partial charge in [-0.2, -0.15) is 0 Å². The van der Waals surface area contributed by atoms with E-state index in [1.165, 1.54) is 0 Å². The van der Waals surface area contributed by atoms with E-state index < -0.39 is 6.10 Å². The summed E-state index contributed by atoms with van der Waals surface area (Å²) in [4.78, 5) is 21.7. The van der Waals surface area contributed by atoms with Gasteiger partial charge in [-0.15, -0.1) is 10.2 Å². The van der Waals surface area contributed by atoms with Gasteiger partial charge in [0.05, 0.1) is 29.9 Å². The molecule has 242 valence electrons. The molecule has 6 heterocycles. The van der Waals surface area contributed by atoms with Gasteiger partial charge < -0.3 is 34.6 Å². The highest BCUT2D eigenvalue weighted by atomic mass is 16.5. The molecule has 0 aromatic carbocycles. The van der Waals surface area contributed by atoms with E-state index in [1.807, 2.05) is 6.08 Å². The number of likely N-dealkylation sites (tertiary alicyclic amines) is 2. The SMILES string of the molecule is CC1Nc2nnc(C3=C(O)CCC=C3)cc2N2CCN(C3CCN(CCOc4cc(CC(=O)N5CCC(O)C5)on4)CC3)CC12. The predicted molar refractivity (Wildman–Crippen MR) is 168 cm³/mol. The standard InChI is InChI=1S/C32H44N8O5/c1-21-28-20-38(12-13-40(28)27-18-26(34-35-32(27)33-21)25-4-2-3-5-29(25)42)22-6-9-37(10-7-22)14-15-44-30-16-24(45-36-30)17-31(43)39-11-8-23(41)19-39/h2,4,16,18,21-23,28,41-42H,3,5-15,17,19-20H2,1H3,(H,33,35). The van der Waals surface area contributed by atoms with Crippen LogP contribution in [0.25, 0.3) is 5.57 Å². The molecule has 4 aliphatic heterocycles. The Balaban J connectivity index is 0.872. The molecule has 3 unspecified atom stereocenters. The van der Waals surface area contributed by atoms with Crippen LogP contribution in [-0.4, -0.2) is 129 Å². The lowest BCUT2D eigenvalue weighted by atomic mass is 9.95. The van der Waals surface area contributed by atoms with Crippen molar-refractivity contribution in [3.8, 4) is 5.88 Å². The minimum Gasteiger partial charge on any atom is -0.512 e. The predicted octanol–water partition coefficient (Wildman–Crippen LogP) is 2.07. The Morgan fingerprint density at radius 2 is 1.98 bits per heavy atom. The quantitative estimate of drug-likeness (QED) is 0.398. The first kappa shape index (κ1) is 30.0. The van der Waals surface area contributed by atoms with E-state index in [0.717, 1.165) is 81.3 Å². The fourth-order valence-electron chi connectivity index (χ4n) is 7.39. The number of rotatable bonds is 8. The number of hydrogen-bond acceptors (Lipinski definition) is 12. The molecule has 13 heteroatoms. The molecule has 5 aliphatic rings. The van der Waals surface area contributed by atoms with Gasteiger partial charge in [-0.05, 0) is 56.9 Å². The van der Waals surface area contributed by atoms with Crippen molar-refractivity contribution >= 4 is 23.0 Å². The van der Waals surface area contributed by atoms with Gasteiger partial charge in [0, 0.05) is 69.4 Å². The molecule has 13 nitrogen and oxygen atoms in total. The lowest BCUT2D eigenvalue weighted by Gasteiger charge is -2.51. The number of fused-ring (bicyclic) bond motifs is 3. The van der Waals surface area contributed by atoms with Crippen molar-refractivity contribution in [3.63, 3.8) is 0 Å². The summed E-state index contributed by atoms with van der Waals surface area (Å²) in [6.07, 6.45) is 8.11. The number of anilines is 2. The molecule has 3 N–H and O–H groups in total. The van der Waals surface area contributed by atoms with Gasteiger partial charge in [0.1, 0.15) is 18.1 Å². The molecular weight excluding hydrogens is 576 g/mol. The number of amides is 1. The number of β-amino-alcohol motifs (C(OH)–C–C–N with tert-alkyl or cyclic N) is 1. The first-order valence-corrected chi connectivity index (χ1v) is 16.4. The second-order valence-electron chi connectivity index (χ2n) is 13.0. The minimum atomic E-state index is -0.432. The Hall–Kier alpha value is -3.68. The lowest BCUT2D eigenvalue weighted by Crippen LogP contribution is -2.63. The van der Waals surface area contributed by atoms with Crippen molar-refractivity contribution in [2.75, 3.05) is 69.2 Å². The summed E-state index contributed by atoms with van der Waals surface area (Å²) >= 11 is 0. The van der Waals surface area contributed by atoms with Crippen LogP contribution in [-0.2, 0) is 11.2 Å². The zero-order valence-electron chi connectivity index (χ0n) is 26.0. The number of nitrogens with one attached hydrogen (secondary N) is 1. The number of aromatic nitrogens is 3. The number of aliphatic hydroxyl groups excluding tert-OH is 2. The third kappa shape index (κ3) is 6.52. The van der Waals surface area contributed by atoms with Gasteiger partial charge in [0.25, 0.3) is 5.88 Å². The van der Waals surface area contributed by atoms with Crippen molar-refractivity contribution in [1.82, 2.24) is 30.1 Å². The maximum absolute atomic E-state index is 12.4. The summed E-state index contributed by atoms with van der Waals surface area (Å²) in [7, 11) is 0. The average molecular weight is 621 g/mol. The molecule has 7 rings (SSSR count). The first-order chi connectivity index (χ1) is 21.9. The number of ether oxygens (including phenoxy) is 1. The highest BCUT2D eigenvalue weighted by molar-refractivity contribution is 5.80. The molecule has 1 aliphatic carbocycles. The van der Waals surface area contributed by atoms with Crippen molar-refractivity contribution in [1.29, 1.82) is 0 Å². The molecule has 2 aromatic heterocycles. The molecule has 3 saturated heterocycles. The zero-order chi connectivity index (χ0) is 30.9. The van der Waals surface area contributed by atoms with Crippen LogP contribution in [0.4, 0.5) is 11.5 Å². The second-order valence-corrected chi connectivity index (χ2v) is 13.0. The Morgan fingerprint density at radius 3 is 2.78 bits per heavy atom. The Bertz CT molecular complexity index is 1440. The fourth-order valence-corrected chi connectivity index (χ4v) is 7.39. The maximum Gasteiger partial charge on any atom is 0.254 e. The van der Waals surface area contributed by atoms with Crippen LogP contribution in [0.3, 0.4) is 0 Å². The number of carbonyl (C=O) groups excluding carboxylic acids is 1. The fraction of sp³-hybridized carbons (Fsp3) is 0.625. The Morgan fingerprint density at radius 1 is 1.11 bits per heavy atom. The summed E-state index contributed by atoms with van der Waals surface area (Å²) < 4.78 is 11.2. The summed E-state index contributed by atoms with van der Waals surface area (Å²) in [5.74, 6) is 2.04. The van der Waals surface area contributed by atoms with Crippen LogP contribution in [0.5, 0.6) is 5.88 Å². The highest BCUT2D eigenvalue weighted by Crippen LogP contribution is 2.37. The Labute approximate surface area is 263 Å². The molecule has 3 fully saturated rings. The van der Waals surface area contributed by atoms with Crippen molar-refractivity contribution in [2.24, 2.45) is 0 Å². The van der Waals surface area contributed by atoms with Gasteiger partial charge in [-0.25, -0.2) is 0 Å². The number of nitrogens with zero attached hydrogens (tertiary/aromatic N) is 7. The minimum absolute atomic E-state index is 0.0626. The monoisotopic (exact) mass is 620 g/mol. The number of carbonyl (C=O) groups is 1. The van der Waals surface area contributed by atoms with Crippen LogP contribution in [0, 0.1) is 0 Å². The second kappa shape index (κ2) is 13.0. The van der Waals surface area contributed by atoms with Gasteiger partial charge in [0.15, 0.2) is 5.82 Å². The highest BCUT2D eigenvalue weighted by Gasteiger charge is 2.39. The van der Waals surface area contributed by atoms with Gasteiger partial charge in [0.2, 0.25) is 5.91 Å². The van der Waals surface area contributed by atoms with E-state index in [2.05, 4.69) is 54.4 Å². The van der Waals surface area contributed by atoms with Crippen LogP contribution in [0.15, 0.2) is 34.6 Å². The smallest absolute Gasteiger partial charge is 0.254 e. The zero-order valence-corrected chi connectivity index (χ0v) is 26.0. The van der Waals surface area contributed by atoms with Crippen molar-refractivity contribution < 1.29 is 24.3 Å². The van der Waals surface area contributed by atoms with Gasteiger partial charge >= 0.3 is 0 Å². The van der Waals surface area contributed by atoms with E-state index in [1.54, 1.807) is 11.0 Å². The van der Waals surface area contributed by atoms with Gasteiger partial charge in [-0.3, -0.25) is 14.6 Å². The van der Waals surface area contributed by atoms with E-state index in [-0.39, 0.29) is 18.4 Å². The van der Waals surface area contributed by atoms with E-state index in [9.17, 15) is 15.0 Å². The summed E-state index contributed by atoms with van der Waals surface area (Å²) in [6, 6.07) is 4.93. The van der Waals surface area contributed by atoms with Crippen molar-refractivity contribution in [3.05, 3.63) is 41.5 Å². The van der Waals surface area contributed by atoms with Crippen LogP contribution in [0.2, 0.25) is 0 Å². The molecule has 2 aromatic rings. The molecule has 0 spiro atoms. The molecular formula is C32H44N8O5. The summed E-state index contributed by atoms with van der Waals surface area (Å²) in [5, 5.41) is 36.6. The number of piperazine rings is 1. The third-order valence-corrected chi connectivity index (χ3v) is 10.0. The maximum atomic E-state index is 12.4. The average Bonchev–Trinajstić information content (AvgIpc) is 3.70. The van der Waals surface area contributed by atoms with E-state index in [4.69, 9.17) is 9.26 Å². The number of hydrogen-bond donors (Lipinski definition) is 3. The van der Waals surface area contributed by atoms with E-state index >= 15 is 0 Å². The van der Waals surface area contributed by atoms with Gasteiger partial charge in [-0.1, -0.05) is 12.2 Å². The first-order valence-electron chi connectivity index (χ1n) is 16.4. The molecule has 1 amide bonds. The van der Waals surface area contributed by atoms with Crippen LogP contribution < -0.4 is 15.0 Å². The normalized spacial score (nSPS) is 26.1. The van der Waals surface area contributed by atoms with Crippen LogP contribution in [0.1, 0.15) is 50.5 Å². The van der Waals surface area contributed by atoms with E-state index in [0.29, 0.717) is 62.0 Å². The molecule has 0 saturated carbocycles. The summed E-state index contributed by atoms with van der Waals surface area (Å²) in [5.41, 5.74) is 2.59. The molecule has 0 bridgehead atoms. The number of aliphatic hydroxyl groups is 2. The Kier molecular flexibility index (Phi) is 8.65. The van der Waals surface area contributed by atoms with Crippen LogP contribution >= 0.6 is 0 Å². The summed E-state index contributed by atoms with van der Waals surface area (Å²) in [6.45, 7) is 9.54. The molecule has 45 heavy (non-hydrogen) atoms. The number of piperidine rings is 1. The topological polar surface area (TPSA) is 144 Å². The number of allylic oxidation sites excluding steroid dienone is 4. The third-order valence-electron chi connectivity index (χ3n) is 10.0. The largest absolute Gasteiger partial charge is 0.512 e. The molecule has 3 atom stereocenters. The van der Waals surface area contributed by atoms with Crippen molar-refractivity contribution in [2.45, 2.75) is 69.7 Å².